The number of sulfonamides is 1. The smallest absolute Gasteiger partial charge is 0.417 e. The average molecular weight is 1320 g/mol. The first-order chi connectivity index (χ1) is 43.8. The van der Waals surface area contributed by atoms with Gasteiger partial charge in [-0.15, -0.1) is 22.7 Å². The summed E-state index contributed by atoms with van der Waals surface area (Å²) in [6.45, 7) is 12.1. The Balaban J connectivity index is 0.000000265. The number of benzene rings is 4. The number of thiazole rings is 2. The summed E-state index contributed by atoms with van der Waals surface area (Å²) in [6.07, 6.45) is -0.169. The maximum absolute atomic E-state index is 13.9. The molecule has 0 aliphatic carbocycles. The number of aliphatic hydroxyl groups is 2. The van der Waals surface area contributed by atoms with Crippen LogP contribution in [0.3, 0.4) is 0 Å². The number of carbonyl (C=O) groups excluding carboxylic acids is 4. The van der Waals surface area contributed by atoms with E-state index >= 15 is 0 Å². The van der Waals surface area contributed by atoms with Crippen molar-refractivity contribution in [2.75, 3.05) is 11.8 Å². The summed E-state index contributed by atoms with van der Waals surface area (Å²) in [5.41, 5.74) is 4.38. The molecule has 0 radical (unpaired) electrons. The van der Waals surface area contributed by atoms with Crippen LogP contribution in [0.15, 0.2) is 167 Å². The van der Waals surface area contributed by atoms with Gasteiger partial charge in [0.05, 0.1) is 50.9 Å². The third kappa shape index (κ3) is 20.9. The molecule has 4 aromatic carbocycles. The van der Waals surface area contributed by atoms with Crippen molar-refractivity contribution < 1.29 is 60.5 Å². The zero-order valence-electron chi connectivity index (χ0n) is 52.6. The molecule has 4 amide bonds. The van der Waals surface area contributed by atoms with Crippen molar-refractivity contribution in [3.05, 3.63) is 205 Å². The number of alkyl carbamates (subject to hydrolysis) is 1. The van der Waals surface area contributed by atoms with Crippen LogP contribution in [0.5, 0.6) is 0 Å². The minimum Gasteiger partial charge on any atom is -0.512 e. The monoisotopic (exact) mass is 1320 g/mol. The number of urea groups is 1. The van der Waals surface area contributed by atoms with Gasteiger partial charge in [0.1, 0.15) is 24.0 Å². The highest BCUT2D eigenvalue weighted by Crippen LogP contribution is 2.42. The summed E-state index contributed by atoms with van der Waals surface area (Å²) in [4.78, 5) is 67.9. The van der Waals surface area contributed by atoms with Gasteiger partial charge in [-0.2, -0.15) is 21.6 Å². The van der Waals surface area contributed by atoms with Crippen LogP contribution in [-0.4, -0.2) is 99.4 Å². The first kappa shape index (κ1) is 71.3. The van der Waals surface area contributed by atoms with E-state index < -0.39 is 74.6 Å². The van der Waals surface area contributed by atoms with E-state index in [1.807, 2.05) is 124 Å². The van der Waals surface area contributed by atoms with Crippen molar-refractivity contribution in [2.45, 2.75) is 165 Å². The molecular formula is C68H81F3N8O10S3. The minimum atomic E-state index is -4.65. The molecule has 8 rings (SSSR count). The van der Waals surface area contributed by atoms with Crippen molar-refractivity contribution in [1.29, 1.82) is 0 Å². The number of alkyl halides is 3. The van der Waals surface area contributed by atoms with Crippen LogP contribution in [-0.2, 0) is 67.7 Å². The van der Waals surface area contributed by atoms with Crippen LogP contribution < -0.4 is 20.7 Å². The molecule has 0 saturated heterocycles. The van der Waals surface area contributed by atoms with E-state index in [2.05, 4.69) is 49.5 Å². The summed E-state index contributed by atoms with van der Waals surface area (Å²) >= 11 is 2.95. The number of hydrogen-bond donors (Lipinski definition) is 6. The number of ether oxygens (including phenoxy) is 2. The first-order valence-electron chi connectivity index (χ1n) is 30.5. The number of aromatic nitrogens is 3. The summed E-state index contributed by atoms with van der Waals surface area (Å²) in [7, 11) is -2.63. The van der Waals surface area contributed by atoms with E-state index in [-0.39, 0.29) is 54.3 Å². The highest BCUT2D eigenvalue weighted by atomic mass is 32.2. The van der Waals surface area contributed by atoms with Gasteiger partial charge in [0, 0.05) is 54.8 Å². The Bertz CT molecular complexity index is 3640. The third-order valence-electron chi connectivity index (χ3n) is 15.5. The van der Waals surface area contributed by atoms with Crippen LogP contribution in [0.1, 0.15) is 135 Å². The van der Waals surface area contributed by atoms with Crippen molar-refractivity contribution >= 4 is 62.4 Å². The summed E-state index contributed by atoms with van der Waals surface area (Å²) in [6, 6.07) is 34.3. The maximum atomic E-state index is 13.9. The van der Waals surface area contributed by atoms with E-state index in [4.69, 9.17) is 9.47 Å². The lowest BCUT2D eigenvalue weighted by molar-refractivity contribution is -0.161. The second-order valence-electron chi connectivity index (χ2n) is 23.5. The number of nitrogens with one attached hydrogen (secondary N) is 4. The van der Waals surface area contributed by atoms with Crippen molar-refractivity contribution in [3.63, 3.8) is 0 Å². The number of pyridine rings is 1. The summed E-state index contributed by atoms with van der Waals surface area (Å²) in [5, 5.41) is 34.1. The second-order valence-corrected chi connectivity index (χ2v) is 27.0. The molecule has 6 atom stereocenters. The molecule has 1 aliphatic heterocycles. The van der Waals surface area contributed by atoms with Gasteiger partial charge in [0.25, 0.3) is 10.0 Å². The van der Waals surface area contributed by atoms with Crippen molar-refractivity contribution in [2.24, 2.45) is 5.92 Å². The molecule has 492 valence electrons. The lowest BCUT2D eigenvalue weighted by atomic mass is 9.80. The summed E-state index contributed by atoms with van der Waals surface area (Å²) < 4.78 is 78.1. The van der Waals surface area contributed by atoms with Crippen LogP contribution in [0.4, 0.5) is 28.4 Å². The number of rotatable bonds is 28. The SMILES string of the molecule is CC(C)c1nc(CN(C)C(=O)N[C@H](C(=O)N[C@@H](Cc2ccccc2)C[C@H](O)[C@H](Cc2ccccc2)NC(=O)OCc2cncs2)C(C)C)cs1.CCC[C@@]1(CCc2ccccc2)CC(O)=C([C@H](CC)c2cccc(NS(=O)(=O)c3ccc(C(F)(F)F)cn3)c2)C(=O)O1. The number of halogens is 3. The first-order valence-corrected chi connectivity index (χ1v) is 33.8. The number of nitrogens with zero attached hydrogens (tertiary/aromatic N) is 4. The molecule has 1 aliphatic rings. The molecular weight excluding hydrogens is 1240 g/mol. The van der Waals surface area contributed by atoms with Crippen molar-refractivity contribution in [1.82, 2.24) is 35.8 Å². The fourth-order valence-electron chi connectivity index (χ4n) is 10.8. The number of aryl methyl sites for hydroxylation is 1. The molecule has 92 heavy (non-hydrogen) atoms. The molecule has 24 heteroatoms. The predicted octanol–water partition coefficient (Wildman–Crippen LogP) is 13.2. The zero-order chi connectivity index (χ0) is 66.6. The molecule has 0 spiro atoms. The molecule has 3 aromatic heterocycles. The Hall–Kier alpha value is -8.19. The minimum absolute atomic E-state index is 0.0421. The Morgan fingerprint density at radius 3 is 2.05 bits per heavy atom. The maximum Gasteiger partial charge on any atom is 0.417 e. The Morgan fingerprint density at radius 1 is 0.826 bits per heavy atom. The van der Waals surface area contributed by atoms with E-state index in [1.54, 1.807) is 42.2 Å². The highest BCUT2D eigenvalue weighted by molar-refractivity contribution is 7.92. The molecule has 4 heterocycles. The van der Waals surface area contributed by atoms with Gasteiger partial charge in [-0.05, 0) is 97.4 Å². The quantitative estimate of drug-likeness (QED) is 0.0250. The Kier molecular flexibility index (Phi) is 25.9. The lowest BCUT2D eigenvalue weighted by Crippen LogP contribution is -2.55. The van der Waals surface area contributed by atoms with Crippen LogP contribution in [0, 0.1) is 5.92 Å². The van der Waals surface area contributed by atoms with Gasteiger partial charge in [-0.25, -0.2) is 24.4 Å². The molecule has 0 saturated carbocycles. The van der Waals surface area contributed by atoms with E-state index in [0.717, 1.165) is 44.8 Å². The Labute approximate surface area is 544 Å². The molecule has 6 N–H and O–H groups in total. The van der Waals surface area contributed by atoms with Crippen LogP contribution >= 0.6 is 22.7 Å². The fourth-order valence-corrected chi connectivity index (χ4v) is 13.1. The molecule has 7 aromatic rings. The normalized spacial score (nSPS) is 15.9. The molecule has 0 bridgehead atoms. The van der Waals surface area contributed by atoms with Gasteiger partial charge < -0.3 is 40.5 Å². The Morgan fingerprint density at radius 2 is 1.49 bits per heavy atom. The topological polar surface area (TPSA) is 251 Å². The van der Waals surface area contributed by atoms with E-state index in [0.29, 0.717) is 68.8 Å². The number of cyclic esters (lactones) is 1. The van der Waals surface area contributed by atoms with Gasteiger partial charge in [-0.1, -0.05) is 151 Å². The van der Waals surface area contributed by atoms with E-state index in [1.165, 1.54) is 28.4 Å². The molecule has 18 nitrogen and oxygen atoms in total. The third-order valence-corrected chi connectivity index (χ3v) is 18.8. The number of anilines is 1. The van der Waals surface area contributed by atoms with Gasteiger partial charge in [0.2, 0.25) is 5.91 Å². The van der Waals surface area contributed by atoms with Gasteiger partial charge >= 0.3 is 24.3 Å². The lowest BCUT2D eigenvalue weighted by Gasteiger charge is -2.38. The number of hydrogen-bond acceptors (Lipinski definition) is 15. The van der Waals surface area contributed by atoms with Gasteiger partial charge in [0.15, 0.2) is 5.03 Å². The van der Waals surface area contributed by atoms with Crippen LogP contribution in [0.2, 0.25) is 0 Å². The molecule has 0 fully saturated rings. The summed E-state index contributed by atoms with van der Waals surface area (Å²) in [5.74, 6) is -1.51. The number of aliphatic hydroxyl groups excluding tert-OH is 2. The number of esters is 1. The second kappa shape index (κ2) is 33.4. The van der Waals surface area contributed by atoms with E-state index in [9.17, 15) is 51.0 Å². The fraction of sp³-hybridized carbons (Fsp3) is 0.397. The number of carbonyl (C=O) groups is 4. The average Bonchev–Trinajstić information content (AvgIpc) is 0.882. The van der Waals surface area contributed by atoms with Crippen molar-refractivity contribution in [3.8, 4) is 0 Å². The molecule has 0 unspecified atom stereocenters. The van der Waals surface area contributed by atoms with Crippen LogP contribution in [0.25, 0.3) is 0 Å². The zero-order valence-corrected chi connectivity index (χ0v) is 55.0. The highest BCUT2D eigenvalue weighted by Gasteiger charge is 2.43. The largest absolute Gasteiger partial charge is 0.512 e. The predicted molar refractivity (Wildman–Crippen MR) is 349 cm³/mol. The van der Waals surface area contributed by atoms with Gasteiger partial charge in [-0.3, -0.25) is 14.5 Å². The number of amides is 4. The standard InChI is InChI=1S/C37H48N6O5S2.C31H33F3N2O5S/c1-24(2)33(42-36(46)43(5)20-29-22-49-35(40-29)25(3)4)34(45)39-28(16-26-12-8-6-9-13-26)18-32(44)31(17-27-14-10-7-11-15-27)41-37(47)48-21-30-19-38-23-50-30;1-3-16-30(17-15-21-9-6-5-7-10-21)19-26(37)28(29(38)41-30)25(4-2)22-11-8-12-24(18-22)36-42(39,40)27-14-13-23(20-35-27)31(32,33)34/h6-15,19,22-25,28,31-33,44H,16-18,20-21H2,1-5H3,(H,39,45)(H,41,47)(H,42,46);5-14,18,20,25,36-37H,3-4,15-17,19H2,1-2H3/t28-,31-,32-,33-;25-,30-/m01/s1.